The van der Waals surface area contributed by atoms with Gasteiger partial charge in [0.1, 0.15) is 85.4 Å². The van der Waals surface area contributed by atoms with Gasteiger partial charge in [0, 0.05) is 6.92 Å². The van der Waals surface area contributed by atoms with Crippen LogP contribution in [0.5, 0.6) is 0 Å². The standard InChI is InChI=1S/C26H43NO21/c1-5-10(31)19(47-24-9(27-6(2)30)12(33)11(32)7(3-28)43-24)17(38)26(42-5)46-18-8(4-29)44-25(16(37)14(18)35)48-20-13(34)15(36)23(41)45-21(20)22(39)40/h5,7-21,23-26,28-29,31-38,41H,3-4H2,1-2H3,(H,27,30)(H,39,40)/t5-,7+,8+,9+,10-,11+,12+,13+,14+,15+,16+,17+,18+,19+,20-,21-,23+,24+,25+,26-/m0/s1. The number of carboxylic acid groups (broad SMARTS) is 1. The van der Waals surface area contributed by atoms with Crippen LogP contribution in [-0.4, -0.2) is 209 Å². The van der Waals surface area contributed by atoms with Gasteiger partial charge < -0.3 is 99.8 Å². The molecule has 13 N–H and O–H groups in total. The van der Waals surface area contributed by atoms with Crippen LogP contribution >= 0.6 is 0 Å². The lowest BCUT2D eigenvalue weighted by molar-refractivity contribution is -0.382. The normalized spacial score (nSPS) is 50.1. The van der Waals surface area contributed by atoms with Gasteiger partial charge in [0.05, 0.1) is 19.3 Å². The Morgan fingerprint density at radius 3 is 1.73 bits per heavy atom. The van der Waals surface area contributed by atoms with Crippen LogP contribution in [-0.2, 0) is 42.7 Å². The summed E-state index contributed by atoms with van der Waals surface area (Å²) in [5.74, 6) is -2.40. The van der Waals surface area contributed by atoms with E-state index in [2.05, 4.69) is 5.32 Å². The Morgan fingerprint density at radius 2 is 1.15 bits per heavy atom. The first kappa shape index (κ1) is 39.0. The highest BCUT2D eigenvalue weighted by molar-refractivity contribution is 5.73. The molecule has 0 bridgehead atoms. The molecule has 0 aromatic carbocycles. The highest BCUT2D eigenvalue weighted by Crippen LogP contribution is 2.34. The van der Waals surface area contributed by atoms with Crippen LogP contribution < -0.4 is 5.32 Å². The molecular weight excluding hydrogens is 662 g/mol. The van der Waals surface area contributed by atoms with E-state index >= 15 is 0 Å². The van der Waals surface area contributed by atoms with Crippen molar-refractivity contribution >= 4 is 11.9 Å². The maximum absolute atomic E-state index is 11.8. The van der Waals surface area contributed by atoms with Gasteiger partial charge in [0.15, 0.2) is 31.3 Å². The molecular formula is C26H43NO21. The van der Waals surface area contributed by atoms with Gasteiger partial charge in [-0.15, -0.1) is 0 Å². The summed E-state index contributed by atoms with van der Waals surface area (Å²) < 4.78 is 38.1. The maximum Gasteiger partial charge on any atom is 0.335 e. The van der Waals surface area contributed by atoms with Crippen LogP contribution in [0.4, 0.5) is 0 Å². The third-order valence-corrected chi connectivity index (χ3v) is 8.53. The third-order valence-electron chi connectivity index (χ3n) is 8.53. The van der Waals surface area contributed by atoms with Gasteiger partial charge in [0.2, 0.25) is 5.91 Å². The molecule has 4 fully saturated rings. The van der Waals surface area contributed by atoms with Gasteiger partial charge >= 0.3 is 5.97 Å². The quantitative estimate of drug-likeness (QED) is 0.100. The zero-order valence-electron chi connectivity index (χ0n) is 25.5. The lowest BCUT2D eigenvalue weighted by atomic mass is 9.95. The second-order valence-corrected chi connectivity index (χ2v) is 11.9. The molecule has 20 atom stereocenters. The van der Waals surface area contributed by atoms with E-state index in [0.717, 1.165) is 6.92 Å². The first-order valence-electron chi connectivity index (χ1n) is 14.9. The molecule has 0 aliphatic carbocycles. The summed E-state index contributed by atoms with van der Waals surface area (Å²) in [6.45, 7) is 0.705. The zero-order chi connectivity index (χ0) is 35.8. The summed E-state index contributed by atoms with van der Waals surface area (Å²) >= 11 is 0. The molecule has 22 nitrogen and oxygen atoms in total. The highest BCUT2D eigenvalue weighted by Gasteiger charge is 2.55. The van der Waals surface area contributed by atoms with Crippen LogP contribution in [0.1, 0.15) is 13.8 Å². The molecule has 4 rings (SSSR count). The molecule has 278 valence electrons. The van der Waals surface area contributed by atoms with E-state index in [9.17, 15) is 70.9 Å². The van der Waals surface area contributed by atoms with Gasteiger partial charge in [-0.3, -0.25) is 4.79 Å². The van der Waals surface area contributed by atoms with Crippen molar-refractivity contribution in [1.82, 2.24) is 5.32 Å². The number of hydrogen-bond acceptors (Lipinski definition) is 20. The monoisotopic (exact) mass is 705 g/mol. The van der Waals surface area contributed by atoms with E-state index in [1.807, 2.05) is 0 Å². The molecule has 1 amide bonds. The number of aliphatic carboxylic acids is 1. The lowest BCUT2D eigenvalue weighted by Gasteiger charge is -2.49. The number of aliphatic hydroxyl groups is 11. The zero-order valence-corrected chi connectivity index (χ0v) is 25.5. The fraction of sp³-hybridized carbons (Fsp3) is 0.923. The van der Waals surface area contributed by atoms with Crippen molar-refractivity contribution in [3.8, 4) is 0 Å². The molecule has 0 spiro atoms. The molecule has 4 aliphatic rings. The Kier molecular flexibility index (Phi) is 13.0. The molecule has 0 aromatic heterocycles. The van der Waals surface area contributed by atoms with Crippen LogP contribution in [0.2, 0.25) is 0 Å². The summed E-state index contributed by atoms with van der Waals surface area (Å²) in [4.78, 5) is 23.4. The largest absolute Gasteiger partial charge is 0.479 e. The summed E-state index contributed by atoms with van der Waals surface area (Å²) in [7, 11) is 0. The number of carbonyl (C=O) groups is 2. The Balaban J connectivity index is 1.50. The molecule has 22 heteroatoms. The fourth-order valence-corrected chi connectivity index (χ4v) is 5.86. The van der Waals surface area contributed by atoms with Gasteiger partial charge in [-0.1, -0.05) is 0 Å². The van der Waals surface area contributed by atoms with Crippen molar-refractivity contribution in [3.63, 3.8) is 0 Å². The minimum absolute atomic E-state index is 0.673. The Hall–Kier alpha value is -1.78. The van der Waals surface area contributed by atoms with E-state index < -0.39 is 148 Å². The number of nitrogens with one attached hydrogen (secondary N) is 1. The highest BCUT2D eigenvalue weighted by atomic mass is 16.8. The van der Waals surface area contributed by atoms with E-state index in [1.165, 1.54) is 6.92 Å². The molecule has 0 saturated carbocycles. The number of carbonyl (C=O) groups excluding carboxylic acids is 1. The van der Waals surface area contributed by atoms with Crippen molar-refractivity contribution < 1.29 is 104 Å². The van der Waals surface area contributed by atoms with Crippen molar-refractivity contribution in [3.05, 3.63) is 0 Å². The SMILES string of the molecule is CC(=O)N[C@H]1[C@@H](O[C@@H]2[C@@H](O)[C@H](C)O[C@@H](O[C@H]3[C@H](O)[C@@H](O)[C@@H](O[C@H]4[C@H](O)[C@@H](O)[C@H](O)O[C@@H]4C(=O)O)O[C@@H]3CO)[C@@H]2O)O[C@H](CO)[C@@H](O)[C@@H]1O. The number of aliphatic hydroxyl groups excluding tert-OH is 11. The smallest absolute Gasteiger partial charge is 0.335 e. The number of ether oxygens (including phenoxy) is 7. The average Bonchev–Trinajstić information content (AvgIpc) is 3.04. The Bertz CT molecular complexity index is 1090. The summed E-state index contributed by atoms with van der Waals surface area (Å²) in [5.41, 5.74) is 0. The number of carboxylic acids is 1. The van der Waals surface area contributed by atoms with Crippen LogP contribution in [0.3, 0.4) is 0 Å². The predicted octanol–water partition coefficient (Wildman–Crippen LogP) is -8.49. The topological polar surface area (TPSA) is 354 Å². The number of hydrogen-bond donors (Lipinski definition) is 13. The van der Waals surface area contributed by atoms with E-state index in [0.29, 0.717) is 0 Å². The lowest BCUT2D eigenvalue weighted by Crippen LogP contribution is -2.68. The second-order valence-electron chi connectivity index (χ2n) is 11.9. The number of rotatable bonds is 10. The molecule has 0 aromatic rings. The van der Waals surface area contributed by atoms with Crippen molar-refractivity contribution in [2.24, 2.45) is 0 Å². The van der Waals surface area contributed by atoms with Crippen LogP contribution in [0.15, 0.2) is 0 Å². The molecule has 0 radical (unpaired) electrons. The number of amides is 1. The summed E-state index contributed by atoms with van der Waals surface area (Å²) in [6, 6.07) is -1.45. The van der Waals surface area contributed by atoms with Crippen molar-refractivity contribution in [2.75, 3.05) is 13.2 Å². The molecule has 0 unspecified atom stereocenters. The first-order chi connectivity index (χ1) is 22.5. The van der Waals surface area contributed by atoms with Gasteiger partial charge in [0.25, 0.3) is 0 Å². The fourth-order valence-electron chi connectivity index (χ4n) is 5.86. The van der Waals surface area contributed by atoms with Crippen LogP contribution in [0.25, 0.3) is 0 Å². The van der Waals surface area contributed by atoms with Crippen molar-refractivity contribution in [2.45, 2.75) is 137 Å². The van der Waals surface area contributed by atoms with E-state index in [-0.39, 0.29) is 0 Å². The molecule has 4 saturated heterocycles. The summed E-state index contributed by atoms with van der Waals surface area (Å²) in [5, 5.41) is 126. The second kappa shape index (κ2) is 16.1. The van der Waals surface area contributed by atoms with Crippen LogP contribution in [0, 0.1) is 0 Å². The maximum atomic E-state index is 11.8. The molecule has 4 aliphatic heterocycles. The van der Waals surface area contributed by atoms with Gasteiger partial charge in [-0.25, -0.2) is 4.79 Å². The van der Waals surface area contributed by atoms with E-state index in [4.69, 9.17) is 33.2 Å². The van der Waals surface area contributed by atoms with Gasteiger partial charge in [-0.05, 0) is 6.92 Å². The minimum Gasteiger partial charge on any atom is -0.479 e. The van der Waals surface area contributed by atoms with E-state index in [1.54, 1.807) is 0 Å². The predicted molar refractivity (Wildman–Crippen MR) is 145 cm³/mol. The third kappa shape index (κ3) is 7.91. The average molecular weight is 706 g/mol. The van der Waals surface area contributed by atoms with Gasteiger partial charge in [-0.2, -0.15) is 0 Å². The Labute approximate surface area is 271 Å². The molecule has 48 heavy (non-hydrogen) atoms. The molecule has 4 heterocycles. The minimum atomic E-state index is -2.10. The van der Waals surface area contributed by atoms with Crippen molar-refractivity contribution in [1.29, 1.82) is 0 Å². The first-order valence-corrected chi connectivity index (χ1v) is 14.9. The summed E-state index contributed by atoms with van der Waals surface area (Å²) in [6.07, 6.45) is -34.4. The Morgan fingerprint density at radius 1 is 0.604 bits per heavy atom.